The van der Waals surface area contributed by atoms with Crippen molar-refractivity contribution in [2.24, 2.45) is 5.92 Å². The predicted octanol–water partition coefficient (Wildman–Crippen LogP) is 2.88. The number of fused-ring (bicyclic) bond motifs is 2. The van der Waals surface area contributed by atoms with Gasteiger partial charge in [-0.25, -0.2) is 23.8 Å². The van der Waals surface area contributed by atoms with Crippen LogP contribution in [0.5, 0.6) is 11.5 Å². The Hall–Kier alpha value is -4.66. The van der Waals surface area contributed by atoms with Crippen molar-refractivity contribution in [1.82, 2.24) is 15.2 Å². The van der Waals surface area contributed by atoms with Crippen molar-refractivity contribution in [3.8, 4) is 11.5 Å². The third-order valence-electron chi connectivity index (χ3n) is 7.88. The second kappa shape index (κ2) is 12.8. The summed E-state index contributed by atoms with van der Waals surface area (Å²) in [5.74, 6) is -0.856. The van der Waals surface area contributed by atoms with Crippen molar-refractivity contribution >= 4 is 35.7 Å². The van der Waals surface area contributed by atoms with E-state index in [-0.39, 0.29) is 36.1 Å². The highest BCUT2D eigenvalue weighted by Crippen LogP contribution is 2.33. The Bertz CT molecular complexity index is 1500. The van der Waals surface area contributed by atoms with Crippen LogP contribution in [-0.4, -0.2) is 94.7 Å². The van der Waals surface area contributed by atoms with E-state index >= 15 is 0 Å². The molecular formula is C30H36FN5O9. The molecule has 0 radical (unpaired) electrons. The number of anilines is 2. The zero-order chi connectivity index (χ0) is 32.5. The minimum absolute atomic E-state index is 0.0891. The number of cyclic esters (lactones) is 1. The summed E-state index contributed by atoms with van der Waals surface area (Å²) >= 11 is 0. The van der Waals surface area contributed by atoms with Crippen molar-refractivity contribution in [3.63, 3.8) is 0 Å². The molecule has 0 saturated carbocycles. The van der Waals surface area contributed by atoms with Crippen LogP contribution in [-0.2, 0) is 27.2 Å². The largest absolute Gasteiger partial charge is 0.491 e. The summed E-state index contributed by atoms with van der Waals surface area (Å²) in [4.78, 5) is 54.3. The van der Waals surface area contributed by atoms with Gasteiger partial charge in [0.1, 0.15) is 30.1 Å². The van der Waals surface area contributed by atoms with Gasteiger partial charge >= 0.3 is 18.2 Å². The van der Waals surface area contributed by atoms with Crippen LogP contribution in [0.25, 0.3) is 0 Å². The maximum absolute atomic E-state index is 15.0. The average Bonchev–Trinajstić information content (AvgIpc) is 3.54. The van der Waals surface area contributed by atoms with E-state index < -0.39 is 42.2 Å². The Balaban J connectivity index is 1.10. The van der Waals surface area contributed by atoms with Crippen LogP contribution in [0, 0.1) is 11.7 Å². The number of amides is 3. The molecule has 2 aromatic rings. The molecule has 242 valence electrons. The van der Waals surface area contributed by atoms with Crippen molar-refractivity contribution in [3.05, 3.63) is 41.2 Å². The maximum atomic E-state index is 15.0. The lowest BCUT2D eigenvalue weighted by molar-refractivity contribution is -0.145. The zero-order valence-electron chi connectivity index (χ0n) is 25.2. The van der Waals surface area contributed by atoms with Gasteiger partial charge in [-0.3, -0.25) is 14.6 Å². The number of hydrogen-bond donors (Lipinski definition) is 4. The second-order valence-corrected chi connectivity index (χ2v) is 12.3. The molecule has 3 unspecified atom stereocenters. The van der Waals surface area contributed by atoms with Gasteiger partial charge in [-0.15, -0.1) is 0 Å². The Morgan fingerprint density at radius 3 is 2.73 bits per heavy atom. The minimum Gasteiger partial charge on any atom is -0.491 e. The van der Waals surface area contributed by atoms with Gasteiger partial charge in [-0.2, -0.15) is 0 Å². The van der Waals surface area contributed by atoms with E-state index in [0.717, 1.165) is 10.5 Å². The number of benzene rings is 1. The van der Waals surface area contributed by atoms with Crippen LogP contribution in [0.15, 0.2) is 24.3 Å². The number of carbonyl (C=O) groups excluding carboxylic acids is 2. The fraction of sp³-hybridized carbons (Fsp3) is 0.500. The average molecular weight is 630 g/mol. The van der Waals surface area contributed by atoms with Crippen LogP contribution in [0.2, 0.25) is 0 Å². The topological polar surface area (TPSA) is 180 Å². The Kier molecular flexibility index (Phi) is 9.00. The summed E-state index contributed by atoms with van der Waals surface area (Å²) < 4.78 is 31.4. The molecule has 2 aliphatic heterocycles. The van der Waals surface area contributed by atoms with E-state index in [1.54, 1.807) is 39.0 Å². The molecule has 1 saturated heterocycles. The molecule has 0 bridgehead atoms. The number of halogens is 1. The number of nitrogens with zero attached hydrogens (tertiary/aromatic N) is 3. The van der Waals surface area contributed by atoms with Crippen molar-refractivity contribution in [2.75, 3.05) is 43.1 Å². The molecule has 3 aliphatic rings. The monoisotopic (exact) mass is 629 g/mol. The first-order chi connectivity index (χ1) is 21.3. The van der Waals surface area contributed by atoms with E-state index in [2.05, 4.69) is 15.6 Å². The fourth-order valence-electron chi connectivity index (χ4n) is 5.83. The van der Waals surface area contributed by atoms with E-state index in [1.807, 2.05) is 0 Å². The first-order valence-corrected chi connectivity index (χ1v) is 14.6. The minimum atomic E-state index is -1.48. The Labute approximate surface area is 258 Å². The summed E-state index contributed by atoms with van der Waals surface area (Å²) in [5, 5.41) is 25.2. The highest BCUT2D eigenvalue weighted by Gasteiger charge is 2.38. The molecule has 3 atom stereocenters. The normalized spacial score (nSPS) is 19.6. The molecular weight excluding hydrogens is 593 g/mol. The lowest BCUT2D eigenvalue weighted by Gasteiger charge is -2.37. The van der Waals surface area contributed by atoms with Gasteiger partial charge in [0.15, 0.2) is 24.2 Å². The van der Waals surface area contributed by atoms with E-state index in [0.29, 0.717) is 56.0 Å². The number of ether oxygens (including phenoxy) is 3. The van der Waals surface area contributed by atoms with E-state index in [1.165, 1.54) is 11.0 Å². The number of carbonyl (C=O) groups is 4. The van der Waals surface area contributed by atoms with Crippen LogP contribution < -0.4 is 25.0 Å². The number of pyridine rings is 1. The smallest absolute Gasteiger partial charge is 0.415 e. The molecule has 3 heterocycles. The van der Waals surface area contributed by atoms with Crippen molar-refractivity contribution in [1.29, 1.82) is 0 Å². The molecule has 1 aromatic carbocycles. The summed E-state index contributed by atoms with van der Waals surface area (Å²) in [6.45, 7) is 5.65. The van der Waals surface area contributed by atoms with Crippen LogP contribution in [0.3, 0.4) is 0 Å². The van der Waals surface area contributed by atoms with Gasteiger partial charge in [0, 0.05) is 11.6 Å². The standard InChI is InChI=1S/C30H36FN5O9/c1-30(2,3)36(28(40)41)22(27(38)39)14-43-19-10-17-8-16(9-20(17)21(31)11-19)12-32-7-6-18-13-35(29(42)45-18)24-5-4-23-26(33-24)34-25(37)15-44-23/h4-5,10-11,16,18,22,32H,6-9,12-15H2,1-3H3,(H,38,39)(H,40,41)(H,33,34,37). The van der Waals surface area contributed by atoms with Crippen molar-refractivity contribution < 1.29 is 48.0 Å². The first kappa shape index (κ1) is 31.8. The van der Waals surface area contributed by atoms with Gasteiger partial charge in [-0.05, 0) is 88.4 Å². The number of carboxylic acids is 1. The van der Waals surface area contributed by atoms with Crippen molar-refractivity contribution in [2.45, 2.75) is 57.7 Å². The highest BCUT2D eigenvalue weighted by molar-refractivity contribution is 5.95. The number of rotatable bonds is 11. The van der Waals surface area contributed by atoms with Crippen LogP contribution >= 0.6 is 0 Å². The summed E-state index contributed by atoms with van der Waals surface area (Å²) in [7, 11) is 0. The first-order valence-electron chi connectivity index (χ1n) is 14.6. The highest BCUT2D eigenvalue weighted by atomic mass is 19.1. The van der Waals surface area contributed by atoms with Crippen LogP contribution in [0.1, 0.15) is 38.3 Å². The summed E-state index contributed by atoms with van der Waals surface area (Å²) in [6.07, 6.45) is -0.643. The third-order valence-corrected chi connectivity index (χ3v) is 7.88. The molecule has 0 spiro atoms. The Morgan fingerprint density at radius 1 is 1.24 bits per heavy atom. The number of nitrogens with one attached hydrogen (secondary N) is 2. The SMILES string of the molecule is CC(C)(C)N(C(=O)O)C(COc1cc(F)c2c(c1)CC(CNCCC1CN(c3ccc4c(n3)NC(=O)CO4)C(=O)O1)C2)C(=O)O. The third kappa shape index (κ3) is 7.19. The Morgan fingerprint density at radius 2 is 2.02 bits per heavy atom. The molecule has 1 aliphatic carbocycles. The number of aliphatic carboxylic acids is 1. The quantitative estimate of drug-likeness (QED) is 0.269. The summed E-state index contributed by atoms with van der Waals surface area (Å²) in [6, 6.07) is 4.68. The number of hydrogen-bond acceptors (Lipinski definition) is 9. The molecule has 1 aromatic heterocycles. The van der Waals surface area contributed by atoms with Crippen LogP contribution in [0.4, 0.5) is 25.6 Å². The maximum Gasteiger partial charge on any atom is 0.415 e. The van der Waals surface area contributed by atoms with E-state index in [4.69, 9.17) is 14.2 Å². The fourth-order valence-corrected chi connectivity index (χ4v) is 5.83. The molecule has 3 amide bonds. The van der Waals surface area contributed by atoms with Gasteiger partial charge in [-0.1, -0.05) is 0 Å². The summed E-state index contributed by atoms with van der Waals surface area (Å²) in [5.41, 5.74) is 0.342. The lowest BCUT2D eigenvalue weighted by atomic mass is 10.0. The number of carboxylic acid groups (broad SMARTS) is 2. The molecule has 5 rings (SSSR count). The van der Waals surface area contributed by atoms with Gasteiger partial charge in [0.2, 0.25) is 0 Å². The zero-order valence-corrected chi connectivity index (χ0v) is 25.2. The molecule has 45 heavy (non-hydrogen) atoms. The predicted molar refractivity (Wildman–Crippen MR) is 157 cm³/mol. The van der Waals surface area contributed by atoms with E-state index in [9.17, 15) is 33.8 Å². The molecule has 4 N–H and O–H groups in total. The van der Waals surface area contributed by atoms with Gasteiger partial charge in [0.05, 0.1) is 6.54 Å². The number of aromatic nitrogens is 1. The lowest BCUT2D eigenvalue weighted by Crippen LogP contribution is -2.56. The molecule has 15 heteroatoms. The van der Waals surface area contributed by atoms with Gasteiger partial charge in [0.25, 0.3) is 5.91 Å². The van der Waals surface area contributed by atoms with Gasteiger partial charge < -0.3 is 35.1 Å². The second-order valence-electron chi connectivity index (χ2n) is 12.3. The molecule has 1 fully saturated rings. The molecule has 14 nitrogen and oxygen atoms in total.